The standard InChI is InChI=1S/C32H39N9O2/c1-3-29(42)41-16-15-39(18-22(41)10-12-33)30-24-11-14-40(31-25-8-4-5-9-27(25)35-21-36-31)19-28(24)37-32(26(30)17-34)43-20-23-7-6-13-38(23)2/h3,21-23H,1,4-11,13-16,18-20H2,2H3/t22-,23-/m0/s1. The van der Waals surface area contributed by atoms with Crippen molar-refractivity contribution in [2.24, 2.45) is 0 Å². The molecule has 11 nitrogen and oxygen atoms in total. The molecular weight excluding hydrogens is 542 g/mol. The van der Waals surface area contributed by atoms with Crippen molar-refractivity contribution in [1.29, 1.82) is 10.5 Å². The van der Waals surface area contributed by atoms with Gasteiger partial charge >= 0.3 is 0 Å². The lowest BCUT2D eigenvalue weighted by Crippen LogP contribution is -2.55. The van der Waals surface area contributed by atoms with Crippen LogP contribution >= 0.6 is 0 Å². The zero-order valence-electron chi connectivity index (χ0n) is 25.0. The number of hydrogen-bond acceptors (Lipinski definition) is 10. The van der Waals surface area contributed by atoms with E-state index in [0.717, 1.165) is 80.1 Å². The lowest BCUT2D eigenvalue weighted by atomic mass is 9.94. The second-order valence-corrected chi connectivity index (χ2v) is 12.0. The number of likely N-dealkylation sites (tertiary alicyclic amines) is 1. The zero-order chi connectivity index (χ0) is 29.9. The first-order valence-corrected chi connectivity index (χ1v) is 15.4. The maximum absolute atomic E-state index is 12.6. The van der Waals surface area contributed by atoms with Crippen LogP contribution in [0.15, 0.2) is 19.0 Å². The first-order valence-electron chi connectivity index (χ1n) is 15.4. The van der Waals surface area contributed by atoms with Crippen LogP contribution in [0.4, 0.5) is 11.5 Å². The quantitative estimate of drug-likeness (QED) is 0.451. The molecule has 224 valence electrons. The van der Waals surface area contributed by atoms with Crippen LogP contribution in [0, 0.1) is 22.7 Å². The number of rotatable bonds is 7. The van der Waals surface area contributed by atoms with Crippen molar-refractivity contribution in [2.45, 2.75) is 70.0 Å². The fourth-order valence-electron chi connectivity index (χ4n) is 7.16. The summed E-state index contributed by atoms with van der Waals surface area (Å²) >= 11 is 0. The number of carbonyl (C=O) groups excluding carboxylic acids is 1. The molecule has 0 radical (unpaired) electrons. The third-order valence-corrected chi connectivity index (χ3v) is 9.47. The van der Waals surface area contributed by atoms with Gasteiger partial charge < -0.3 is 24.3 Å². The highest BCUT2D eigenvalue weighted by atomic mass is 16.5. The van der Waals surface area contributed by atoms with E-state index in [1.807, 2.05) is 0 Å². The molecule has 2 aromatic rings. The molecular formula is C32H39N9O2. The van der Waals surface area contributed by atoms with Crippen LogP contribution in [0.25, 0.3) is 0 Å². The van der Waals surface area contributed by atoms with Gasteiger partial charge in [-0.1, -0.05) is 6.58 Å². The number of anilines is 2. The average molecular weight is 582 g/mol. The molecule has 5 heterocycles. The Morgan fingerprint density at radius 2 is 1.91 bits per heavy atom. The molecule has 11 heteroatoms. The summed E-state index contributed by atoms with van der Waals surface area (Å²) < 4.78 is 6.39. The van der Waals surface area contributed by atoms with Crippen LogP contribution in [0.5, 0.6) is 5.88 Å². The molecule has 2 atom stereocenters. The van der Waals surface area contributed by atoms with Crippen LogP contribution < -0.4 is 14.5 Å². The average Bonchev–Trinajstić information content (AvgIpc) is 3.46. The van der Waals surface area contributed by atoms with E-state index >= 15 is 0 Å². The maximum atomic E-state index is 12.6. The summed E-state index contributed by atoms with van der Waals surface area (Å²) in [5, 5.41) is 20.1. The van der Waals surface area contributed by atoms with Gasteiger partial charge in [0.25, 0.3) is 0 Å². The van der Waals surface area contributed by atoms with Crippen LogP contribution in [-0.2, 0) is 30.6 Å². The van der Waals surface area contributed by atoms with Crippen LogP contribution in [0.1, 0.15) is 60.2 Å². The Labute approximate surface area is 253 Å². The molecule has 2 aromatic heterocycles. The number of hydrogen-bond donors (Lipinski definition) is 0. The predicted octanol–water partition coefficient (Wildman–Crippen LogP) is 2.77. The third kappa shape index (κ3) is 5.62. The molecule has 0 spiro atoms. The largest absolute Gasteiger partial charge is 0.475 e. The Balaban J connectivity index is 1.38. The molecule has 0 unspecified atom stereocenters. The smallest absolute Gasteiger partial charge is 0.246 e. The Kier molecular flexibility index (Phi) is 8.44. The summed E-state index contributed by atoms with van der Waals surface area (Å²) in [7, 11) is 2.11. The minimum atomic E-state index is -0.302. The third-order valence-electron chi connectivity index (χ3n) is 9.47. The number of fused-ring (bicyclic) bond motifs is 2. The van der Waals surface area contributed by atoms with Crippen LogP contribution in [0.3, 0.4) is 0 Å². The number of piperazine rings is 1. The number of ether oxygens (including phenoxy) is 1. The molecule has 1 aliphatic carbocycles. The lowest BCUT2D eigenvalue weighted by Gasteiger charge is -2.43. The highest BCUT2D eigenvalue weighted by molar-refractivity contribution is 5.87. The monoisotopic (exact) mass is 581 g/mol. The van der Waals surface area contributed by atoms with Gasteiger partial charge in [-0.15, -0.1) is 0 Å². The molecule has 2 fully saturated rings. The van der Waals surface area contributed by atoms with E-state index < -0.39 is 0 Å². The summed E-state index contributed by atoms with van der Waals surface area (Å²) in [6.07, 6.45) is 10.3. The molecule has 0 N–H and O–H groups in total. The second-order valence-electron chi connectivity index (χ2n) is 12.0. The van der Waals surface area contributed by atoms with Crippen molar-refractivity contribution in [3.05, 3.63) is 47.1 Å². The first kappa shape index (κ1) is 28.9. The van der Waals surface area contributed by atoms with Gasteiger partial charge in [0.05, 0.1) is 36.5 Å². The van der Waals surface area contributed by atoms with E-state index in [-0.39, 0.29) is 24.4 Å². The van der Waals surface area contributed by atoms with E-state index in [9.17, 15) is 15.3 Å². The van der Waals surface area contributed by atoms with Gasteiger partial charge in [-0.3, -0.25) is 4.79 Å². The molecule has 2 saturated heterocycles. The maximum Gasteiger partial charge on any atom is 0.246 e. The number of aromatic nitrogens is 3. The van der Waals surface area contributed by atoms with E-state index in [0.29, 0.717) is 50.7 Å². The van der Waals surface area contributed by atoms with E-state index in [1.54, 1.807) is 11.2 Å². The van der Waals surface area contributed by atoms with Gasteiger partial charge in [0.2, 0.25) is 11.8 Å². The highest BCUT2D eigenvalue weighted by Gasteiger charge is 2.35. The first-order chi connectivity index (χ1) is 21.0. The van der Waals surface area contributed by atoms with E-state index in [1.165, 1.54) is 11.6 Å². The number of nitriles is 2. The van der Waals surface area contributed by atoms with Crippen molar-refractivity contribution >= 4 is 17.4 Å². The van der Waals surface area contributed by atoms with Gasteiger partial charge in [0.1, 0.15) is 30.4 Å². The normalized spacial score (nSPS) is 21.9. The van der Waals surface area contributed by atoms with Crippen molar-refractivity contribution in [1.82, 2.24) is 24.8 Å². The molecule has 4 aliphatic rings. The van der Waals surface area contributed by atoms with Crippen LogP contribution in [0.2, 0.25) is 0 Å². The summed E-state index contributed by atoms with van der Waals surface area (Å²) in [5.41, 5.74) is 5.59. The SMILES string of the molecule is C=CC(=O)N1CCN(c2c(C#N)c(OC[C@@H]3CCCN3C)nc3c2CCN(c2ncnc4c2CCCC4)C3)C[C@@H]1CC#N. The summed E-state index contributed by atoms with van der Waals surface area (Å²) in [6, 6.07) is 4.66. The fraction of sp³-hybridized carbons (Fsp3) is 0.562. The molecule has 1 amide bonds. The zero-order valence-corrected chi connectivity index (χ0v) is 25.0. The predicted molar refractivity (Wildman–Crippen MR) is 162 cm³/mol. The molecule has 3 aliphatic heterocycles. The molecule has 0 bridgehead atoms. The van der Waals surface area contributed by atoms with Crippen molar-refractivity contribution in [2.75, 3.05) is 56.2 Å². The summed E-state index contributed by atoms with van der Waals surface area (Å²) in [5.74, 6) is 1.18. The van der Waals surface area contributed by atoms with Crippen molar-refractivity contribution in [3.8, 4) is 18.0 Å². The van der Waals surface area contributed by atoms with E-state index in [2.05, 4.69) is 45.4 Å². The molecule has 0 aromatic carbocycles. The molecule has 43 heavy (non-hydrogen) atoms. The Hall–Kier alpha value is -4.22. The van der Waals surface area contributed by atoms with Gasteiger partial charge in [0, 0.05) is 49.0 Å². The minimum absolute atomic E-state index is 0.175. The van der Waals surface area contributed by atoms with Crippen LogP contribution in [-0.4, -0.2) is 89.1 Å². The van der Waals surface area contributed by atoms with Gasteiger partial charge in [-0.2, -0.15) is 10.5 Å². The Bertz CT molecular complexity index is 1480. The number of likely N-dealkylation sites (N-methyl/N-ethyl adjacent to an activating group) is 1. The summed E-state index contributed by atoms with van der Waals surface area (Å²) in [4.78, 5) is 35.4. The Morgan fingerprint density at radius 3 is 2.67 bits per heavy atom. The number of carbonyl (C=O) groups is 1. The van der Waals surface area contributed by atoms with Gasteiger partial charge in [0.15, 0.2) is 0 Å². The van der Waals surface area contributed by atoms with Gasteiger partial charge in [-0.05, 0) is 64.6 Å². The number of nitrogens with zero attached hydrogens (tertiary/aromatic N) is 9. The van der Waals surface area contributed by atoms with Crippen molar-refractivity contribution in [3.63, 3.8) is 0 Å². The highest BCUT2D eigenvalue weighted by Crippen LogP contribution is 2.39. The van der Waals surface area contributed by atoms with E-state index in [4.69, 9.17) is 14.7 Å². The number of amides is 1. The fourth-order valence-corrected chi connectivity index (χ4v) is 7.16. The minimum Gasteiger partial charge on any atom is -0.475 e. The number of aryl methyl sites for hydroxylation is 1. The number of pyridine rings is 1. The molecule has 0 saturated carbocycles. The lowest BCUT2D eigenvalue weighted by molar-refractivity contribution is -0.128. The Morgan fingerprint density at radius 1 is 1.05 bits per heavy atom. The van der Waals surface area contributed by atoms with Crippen molar-refractivity contribution < 1.29 is 9.53 Å². The summed E-state index contributed by atoms with van der Waals surface area (Å²) in [6.45, 7) is 7.91. The van der Waals surface area contributed by atoms with Gasteiger partial charge in [-0.25, -0.2) is 15.0 Å². The molecule has 6 rings (SSSR count). The second kappa shape index (κ2) is 12.6. The topological polar surface area (TPSA) is 126 Å².